The minimum atomic E-state index is -0.542. The fourth-order valence-corrected chi connectivity index (χ4v) is 5.14. The van der Waals surface area contributed by atoms with E-state index in [4.69, 9.17) is 0 Å². The van der Waals surface area contributed by atoms with E-state index in [2.05, 4.69) is 41.4 Å². The molecule has 0 bridgehead atoms. The molecule has 0 aromatic carbocycles. The summed E-state index contributed by atoms with van der Waals surface area (Å²) in [6, 6.07) is 6.22. The van der Waals surface area contributed by atoms with Crippen molar-refractivity contribution < 1.29 is 5.11 Å². The Hall–Kier alpha value is -1.69. The highest BCUT2D eigenvalue weighted by Gasteiger charge is 2.29. The Bertz CT molecular complexity index is 909. The van der Waals surface area contributed by atoms with Crippen LogP contribution in [0.1, 0.15) is 46.3 Å². The number of aromatic nitrogens is 2. The highest BCUT2D eigenvalue weighted by atomic mass is 32.1. The molecule has 25 heavy (non-hydrogen) atoms. The average Bonchev–Trinajstić information content (AvgIpc) is 3.05. The van der Waals surface area contributed by atoms with Gasteiger partial charge in [0.25, 0.3) is 0 Å². The number of aliphatic hydroxyl groups excluding tert-OH is 1. The Morgan fingerprint density at radius 3 is 2.88 bits per heavy atom. The first kappa shape index (κ1) is 16.8. The van der Waals surface area contributed by atoms with E-state index in [0.29, 0.717) is 12.5 Å². The number of aryl methyl sites for hydroxylation is 2. The van der Waals surface area contributed by atoms with Crippen molar-refractivity contribution in [2.75, 3.05) is 13.6 Å². The number of pyridine rings is 1. The van der Waals surface area contributed by atoms with Gasteiger partial charge in [-0.3, -0.25) is 4.98 Å². The minimum absolute atomic E-state index is 0.469. The van der Waals surface area contributed by atoms with E-state index in [1.165, 1.54) is 26.4 Å². The van der Waals surface area contributed by atoms with Crippen molar-refractivity contribution in [3.63, 3.8) is 0 Å². The topological polar surface area (TPSA) is 41.3 Å². The molecule has 0 fully saturated rings. The second kappa shape index (κ2) is 6.24. The Labute approximate surface area is 152 Å². The van der Waals surface area contributed by atoms with Gasteiger partial charge in [-0.05, 0) is 33.0 Å². The highest BCUT2D eigenvalue weighted by Crippen LogP contribution is 2.40. The number of likely N-dealkylation sites (N-methyl/N-ethyl adjacent to an activating group) is 1. The van der Waals surface area contributed by atoms with Gasteiger partial charge in [0.1, 0.15) is 0 Å². The molecule has 0 spiro atoms. The minimum Gasteiger partial charge on any atom is -0.386 e. The van der Waals surface area contributed by atoms with Crippen LogP contribution in [0.5, 0.6) is 0 Å². The summed E-state index contributed by atoms with van der Waals surface area (Å²) >= 11 is 1.88. The first-order valence-electron chi connectivity index (χ1n) is 8.84. The van der Waals surface area contributed by atoms with Crippen molar-refractivity contribution >= 4 is 21.6 Å². The lowest BCUT2D eigenvalue weighted by Gasteiger charge is -2.30. The van der Waals surface area contributed by atoms with Crippen LogP contribution in [0, 0.1) is 13.8 Å². The van der Waals surface area contributed by atoms with Crippen molar-refractivity contribution in [1.29, 1.82) is 0 Å². The maximum atomic E-state index is 10.8. The molecule has 3 aromatic rings. The van der Waals surface area contributed by atoms with Crippen LogP contribution in [-0.2, 0) is 13.1 Å². The molecule has 4 nitrogen and oxygen atoms in total. The molecule has 2 unspecified atom stereocenters. The van der Waals surface area contributed by atoms with Gasteiger partial charge in [0.15, 0.2) is 0 Å². The van der Waals surface area contributed by atoms with Crippen molar-refractivity contribution in [2.45, 2.75) is 45.9 Å². The fourth-order valence-electron chi connectivity index (χ4n) is 4.08. The summed E-state index contributed by atoms with van der Waals surface area (Å²) in [6.45, 7) is 9.06. The third kappa shape index (κ3) is 2.90. The molecule has 3 aromatic heterocycles. The van der Waals surface area contributed by atoms with Gasteiger partial charge in [0.2, 0.25) is 0 Å². The van der Waals surface area contributed by atoms with E-state index in [1.54, 1.807) is 6.20 Å². The van der Waals surface area contributed by atoms with E-state index in [9.17, 15) is 5.11 Å². The fraction of sp³-hybridized carbons (Fsp3) is 0.450. The van der Waals surface area contributed by atoms with Crippen LogP contribution in [0.4, 0.5) is 0 Å². The molecule has 4 rings (SSSR count). The predicted molar refractivity (Wildman–Crippen MR) is 103 cm³/mol. The lowest BCUT2D eigenvalue weighted by atomic mass is 9.98. The van der Waals surface area contributed by atoms with Gasteiger partial charge in [0.05, 0.1) is 22.9 Å². The Morgan fingerprint density at radius 1 is 1.36 bits per heavy atom. The first-order valence-corrected chi connectivity index (χ1v) is 9.66. The number of thiophene rings is 1. The molecule has 0 aliphatic carbocycles. The zero-order valence-electron chi connectivity index (χ0n) is 15.3. The van der Waals surface area contributed by atoms with Gasteiger partial charge >= 0.3 is 0 Å². The second-order valence-electron chi connectivity index (χ2n) is 7.39. The highest BCUT2D eigenvalue weighted by molar-refractivity contribution is 7.19. The molecule has 0 saturated carbocycles. The summed E-state index contributed by atoms with van der Waals surface area (Å²) < 4.78 is 3.75. The third-order valence-corrected chi connectivity index (χ3v) is 6.25. The molecule has 0 saturated heterocycles. The first-order chi connectivity index (χ1) is 11.9. The molecular formula is C20H25N3OS. The monoisotopic (exact) mass is 355 g/mol. The van der Waals surface area contributed by atoms with Crippen LogP contribution in [-0.4, -0.2) is 33.1 Å². The maximum absolute atomic E-state index is 10.8. The van der Waals surface area contributed by atoms with Crippen LogP contribution >= 0.6 is 11.3 Å². The van der Waals surface area contributed by atoms with Gasteiger partial charge in [-0.25, -0.2) is 0 Å². The SMILES string of the molecule is Cc1ccc(C(O)Cn2c3c(c4sc(C)cc42)CN(C)CC3C)cn1. The molecule has 1 aliphatic rings. The van der Waals surface area contributed by atoms with Crippen molar-refractivity contribution in [1.82, 2.24) is 14.5 Å². The summed E-state index contributed by atoms with van der Waals surface area (Å²) in [5.74, 6) is 0.469. The van der Waals surface area contributed by atoms with Crippen molar-refractivity contribution in [3.8, 4) is 0 Å². The third-order valence-electron chi connectivity index (χ3n) is 5.16. The number of hydrogen-bond donors (Lipinski definition) is 1. The lowest BCUT2D eigenvalue weighted by Crippen LogP contribution is -2.30. The van der Waals surface area contributed by atoms with E-state index < -0.39 is 6.10 Å². The van der Waals surface area contributed by atoms with E-state index in [0.717, 1.165) is 24.3 Å². The Morgan fingerprint density at radius 2 is 2.16 bits per heavy atom. The number of hydrogen-bond acceptors (Lipinski definition) is 4. The van der Waals surface area contributed by atoms with Crippen LogP contribution in [0.3, 0.4) is 0 Å². The number of fused-ring (bicyclic) bond motifs is 3. The van der Waals surface area contributed by atoms with E-state index >= 15 is 0 Å². The zero-order chi connectivity index (χ0) is 17.7. The normalized spacial score (nSPS) is 19.3. The van der Waals surface area contributed by atoms with Crippen molar-refractivity contribution in [3.05, 3.63) is 51.8 Å². The summed E-state index contributed by atoms with van der Waals surface area (Å²) in [4.78, 5) is 8.06. The smallest absolute Gasteiger partial charge is 0.0983 e. The van der Waals surface area contributed by atoms with Crippen molar-refractivity contribution in [2.24, 2.45) is 0 Å². The molecule has 5 heteroatoms. The number of nitrogens with zero attached hydrogens (tertiary/aromatic N) is 3. The quantitative estimate of drug-likeness (QED) is 0.772. The Balaban J connectivity index is 1.78. The molecule has 4 heterocycles. The predicted octanol–water partition coefficient (Wildman–Crippen LogP) is 4.00. The summed E-state index contributed by atoms with van der Waals surface area (Å²) in [6.07, 6.45) is 1.25. The van der Waals surface area contributed by atoms with Gasteiger partial charge in [0, 0.05) is 52.6 Å². The molecule has 132 valence electrons. The summed E-state index contributed by atoms with van der Waals surface area (Å²) in [7, 11) is 2.19. The average molecular weight is 356 g/mol. The van der Waals surface area contributed by atoms with Crippen LogP contribution in [0.15, 0.2) is 24.4 Å². The largest absolute Gasteiger partial charge is 0.386 e. The zero-order valence-corrected chi connectivity index (χ0v) is 16.1. The molecular weight excluding hydrogens is 330 g/mol. The van der Waals surface area contributed by atoms with Crippen LogP contribution < -0.4 is 0 Å². The van der Waals surface area contributed by atoms with E-state index in [-0.39, 0.29) is 0 Å². The van der Waals surface area contributed by atoms with E-state index in [1.807, 2.05) is 30.4 Å². The molecule has 1 N–H and O–H groups in total. The van der Waals surface area contributed by atoms with Gasteiger partial charge < -0.3 is 14.6 Å². The molecule has 0 radical (unpaired) electrons. The Kier molecular flexibility index (Phi) is 4.18. The molecule has 2 atom stereocenters. The molecule has 1 aliphatic heterocycles. The van der Waals surface area contributed by atoms with Crippen LogP contribution in [0.25, 0.3) is 10.2 Å². The maximum Gasteiger partial charge on any atom is 0.0983 e. The number of aliphatic hydroxyl groups is 1. The van der Waals surface area contributed by atoms with Crippen LogP contribution in [0.2, 0.25) is 0 Å². The van der Waals surface area contributed by atoms with Gasteiger partial charge in [-0.2, -0.15) is 0 Å². The standard InChI is InChI=1S/C20H25N3OS/c1-12-9-22(4)10-16-19(12)23(17-7-14(3)25-20(16)17)11-18(24)15-6-5-13(2)21-8-15/h5-8,12,18,24H,9-11H2,1-4H3. The summed E-state index contributed by atoms with van der Waals surface area (Å²) in [5, 5.41) is 10.8. The van der Waals surface area contributed by atoms with Gasteiger partial charge in [-0.15, -0.1) is 11.3 Å². The number of rotatable bonds is 3. The molecule has 0 amide bonds. The van der Waals surface area contributed by atoms with Gasteiger partial charge in [-0.1, -0.05) is 13.0 Å². The summed E-state index contributed by atoms with van der Waals surface area (Å²) in [5.41, 5.74) is 5.98. The second-order valence-corrected chi connectivity index (χ2v) is 8.65. The lowest BCUT2D eigenvalue weighted by molar-refractivity contribution is 0.155.